The fourth-order valence-electron chi connectivity index (χ4n) is 1.64. The summed E-state index contributed by atoms with van der Waals surface area (Å²) >= 11 is 11.6. The molecule has 2 aromatic rings. The summed E-state index contributed by atoms with van der Waals surface area (Å²) < 4.78 is 5.30. The van der Waals surface area contributed by atoms with Gasteiger partial charge in [-0.1, -0.05) is 35.3 Å². The molecule has 0 fully saturated rings. The van der Waals surface area contributed by atoms with Gasteiger partial charge in [0.15, 0.2) is 12.4 Å². The van der Waals surface area contributed by atoms with Gasteiger partial charge in [0, 0.05) is 27.7 Å². The van der Waals surface area contributed by atoms with Gasteiger partial charge in [0.05, 0.1) is 4.92 Å². The number of non-ortho nitro benzene ring substituents is 1. The Labute approximate surface area is 130 Å². The van der Waals surface area contributed by atoms with E-state index in [9.17, 15) is 14.9 Å². The molecular formula is C14H9Cl2NO4. The lowest BCUT2D eigenvalue weighted by atomic mass is 10.1. The highest BCUT2D eigenvalue weighted by molar-refractivity contribution is 6.34. The molecule has 2 aromatic carbocycles. The Bertz CT molecular complexity index is 683. The van der Waals surface area contributed by atoms with Gasteiger partial charge in [-0.3, -0.25) is 14.9 Å². The lowest BCUT2D eigenvalue weighted by Gasteiger charge is -2.06. The average molecular weight is 326 g/mol. The number of Topliss-reactive ketones (excluding diaryl/α,β-unsaturated/α-hetero) is 1. The fourth-order valence-corrected chi connectivity index (χ4v) is 2.14. The number of benzene rings is 2. The Morgan fingerprint density at radius 3 is 2.43 bits per heavy atom. The molecule has 5 nitrogen and oxygen atoms in total. The quantitative estimate of drug-likeness (QED) is 0.470. The van der Waals surface area contributed by atoms with Gasteiger partial charge in [0.2, 0.25) is 0 Å². The molecule has 0 saturated heterocycles. The number of nitrogens with zero attached hydrogens (tertiary/aromatic N) is 1. The lowest BCUT2D eigenvalue weighted by molar-refractivity contribution is -0.384. The summed E-state index contributed by atoms with van der Waals surface area (Å²) in [5, 5.41) is 11.4. The molecule has 0 unspecified atom stereocenters. The maximum atomic E-state index is 11.9. The number of ketones is 1. The first kappa shape index (κ1) is 15.3. The highest BCUT2D eigenvalue weighted by Crippen LogP contribution is 2.24. The Morgan fingerprint density at radius 1 is 1.14 bits per heavy atom. The number of rotatable bonds is 5. The number of nitro benzene ring substituents is 1. The third-order valence-corrected chi connectivity index (χ3v) is 3.02. The van der Waals surface area contributed by atoms with Crippen molar-refractivity contribution in [3.8, 4) is 5.75 Å². The number of carbonyl (C=O) groups excluding carboxylic acids is 1. The molecule has 21 heavy (non-hydrogen) atoms. The van der Waals surface area contributed by atoms with E-state index < -0.39 is 4.92 Å². The molecule has 0 radical (unpaired) electrons. The van der Waals surface area contributed by atoms with Gasteiger partial charge in [-0.2, -0.15) is 0 Å². The van der Waals surface area contributed by atoms with E-state index >= 15 is 0 Å². The first-order chi connectivity index (χ1) is 9.95. The largest absolute Gasteiger partial charge is 0.485 e. The second kappa shape index (κ2) is 6.56. The van der Waals surface area contributed by atoms with E-state index in [2.05, 4.69) is 0 Å². The third-order valence-electron chi connectivity index (χ3n) is 2.58. The van der Waals surface area contributed by atoms with E-state index in [0.717, 1.165) is 0 Å². The van der Waals surface area contributed by atoms with Crippen LogP contribution in [0.15, 0.2) is 42.5 Å². The number of halogens is 2. The smallest absolute Gasteiger partial charge is 0.270 e. The molecular weight excluding hydrogens is 317 g/mol. The molecule has 0 aliphatic rings. The maximum absolute atomic E-state index is 11.9. The Balaban J connectivity index is 2.08. The maximum Gasteiger partial charge on any atom is 0.270 e. The van der Waals surface area contributed by atoms with Gasteiger partial charge in [-0.15, -0.1) is 0 Å². The van der Waals surface area contributed by atoms with Crippen molar-refractivity contribution in [2.24, 2.45) is 0 Å². The normalized spacial score (nSPS) is 10.2. The van der Waals surface area contributed by atoms with Crippen LogP contribution in [0.2, 0.25) is 10.0 Å². The van der Waals surface area contributed by atoms with E-state index in [1.165, 1.54) is 36.4 Å². The molecule has 0 aliphatic heterocycles. The molecule has 7 heteroatoms. The zero-order chi connectivity index (χ0) is 15.4. The molecule has 0 heterocycles. The lowest BCUT2D eigenvalue weighted by Crippen LogP contribution is -2.11. The number of nitro groups is 1. The van der Waals surface area contributed by atoms with Gasteiger partial charge in [0.25, 0.3) is 5.69 Å². The zero-order valence-corrected chi connectivity index (χ0v) is 12.1. The van der Waals surface area contributed by atoms with Gasteiger partial charge in [-0.25, -0.2) is 0 Å². The van der Waals surface area contributed by atoms with Crippen LogP contribution in [0.5, 0.6) is 5.75 Å². The molecule has 0 saturated carbocycles. The van der Waals surface area contributed by atoms with Crippen LogP contribution in [0.4, 0.5) is 5.69 Å². The topological polar surface area (TPSA) is 69.4 Å². The van der Waals surface area contributed by atoms with E-state index in [4.69, 9.17) is 27.9 Å². The van der Waals surface area contributed by atoms with Crippen molar-refractivity contribution >= 4 is 34.7 Å². The molecule has 0 N–H and O–H groups in total. The highest BCUT2D eigenvalue weighted by atomic mass is 35.5. The van der Waals surface area contributed by atoms with Crippen LogP contribution < -0.4 is 4.74 Å². The van der Waals surface area contributed by atoms with Crippen LogP contribution in [-0.2, 0) is 0 Å². The van der Waals surface area contributed by atoms with Crippen LogP contribution in [0.3, 0.4) is 0 Å². The van der Waals surface area contributed by atoms with E-state index in [-0.39, 0.29) is 23.6 Å². The second-order valence-corrected chi connectivity index (χ2v) is 5.00. The van der Waals surface area contributed by atoms with E-state index in [1.54, 1.807) is 6.07 Å². The van der Waals surface area contributed by atoms with Crippen LogP contribution in [0.1, 0.15) is 10.4 Å². The van der Waals surface area contributed by atoms with Gasteiger partial charge in [0.1, 0.15) is 5.75 Å². The number of ether oxygens (including phenoxy) is 1. The summed E-state index contributed by atoms with van der Waals surface area (Å²) in [5.41, 5.74) is 0.0592. The number of carbonyl (C=O) groups is 1. The van der Waals surface area contributed by atoms with Crippen LogP contribution in [0, 0.1) is 10.1 Å². The van der Waals surface area contributed by atoms with Crippen LogP contribution in [0.25, 0.3) is 0 Å². The number of hydrogen-bond acceptors (Lipinski definition) is 4. The molecule has 0 aliphatic carbocycles. The molecule has 2 rings (SSSR count). The first-order valence-corrected chi connectivity index (χ1v) is 6.58. The molecule has 0 spiro atoms. The van der Waals surface area contributed by atoms with Crippen molar-refractivity contribution < 1.29 is 14.5 Å². The molecule has 0 amide bonds. The van der Waals surface area contributed by atoms with Crippen molar-refractivity contribution in [1.82, 2.24) is 0 Å². The second-order valence-electron chi connectivity index (χ2n) is 4.12. The van der Waals surface area contributed by atoms with Gasteiger partial charge >= 0.3 is 0 Å². The summed E-state index contributed by atoms with van der Waals surface area (Å²) in [6.07, 6.45) is 0. The third kappa shape index (κ3) is 4.18. The summed E-state index contributed by atoms with van der Waals surface area (Å²) in [6, 6.07) is 10.0. The molecule has 108 valence electrons. The van der Waals surface area contributed by atoms with E-state index in [0.29, 0.717) is 15.8 Å². The van der Waals surface area contributed by atoms with Crippen LogP contribution in [-0.4, -0.2) is 17.3 Å². The monoisotopic (exact) mass is 325 g/mol. The highest BCUT2D eigenvalue weighted by Gasteiger charge is 2.12. The SMILES string of the molecule is O=C(COc1cc(Cl)cc(Cl)c1)c1cccc([N+](=O)[O-])c1. The predicted molar refractivity (Wildman–Crippen MR) is 79.4 cm³/mol. The van der Waals surface area contributed by atoms with Crippen molar-refractivity contribution in [1.29, 1.82) is 0 Å². The van der Waals surface area contributed by atoms with Crippen molar-refractivity contribution in [2.75, 3.05) is 6.61 Å². The molecule has 0 bridgehead atoms. The van der Waals surface area contributed by atoms with Crippen molar-refractivity contribution in [3.05, 3.63) is 68.2 Å². The molecule has 0 atom stereocenters. The molecule has 0 aromatic heterocycles. The minimum Gasteiger partial charge on any atom is -0.485 e. The Morgan fingerprint density at radius 2 is 1.81 bits per heavy atom. The Hall–Kier alpha value is -2.11. The zero-order valence-electron chi connectivity index (χ0n) is 10.6. The summed E-state index contributed by atoms with van der Waals surface area (Å²) in [7, 11) is 0. The van der Waals surface area contributed by atoms with Crippen molar-refractivity contribution in [2.45, 2.75) is 0 Å². The van der Waals surface area contributed by atoms with Gasteiger partial charge < -0.3 is 4.74 Å². The van der Waals surface area contributed by atoms with Crippen molar-refractivity contribution in [3.63, 3.8) is 0 Å². The van der Waals surface area contributed by atoms with Crippen LogP contribution >= 0.6 is 23.2 Å². The summed E-state index contributed by atoms with van der Waals surface area (Å²) in [4.78, 5) is 22.1. The minimum atomic E-state index is -0.561. The Kier molecular flexibility index (Phi) is 4.77. The fraction of sp³-hybridized carbons (Fsp3) is 0.0714. The standard InChI is InChI=1S/C14H9Cl2NO4/c15-10-5-11(16)7-13(6-10)21-8-14(18)9-2-1-3-12(4-9)17(19)20/h1-7H,8H2. The minimum absolute atomic E-state index is 0.147. The predicted octanol–water partition coefficient (Wildman–Crippen LogP) is 4.16. The van der Waals surface area contributed by atoms with E-state index in [1.807, 2.05) is 0 Å². The summed E-state index contributed by atoms with van der Waals surface area (Å²) in [5.74, 6) is -0.0268. The summed E-state index contributed by atoms with van der Waals surface area (Å²) in [6.45, 7) is -0.266. The first-order valence-electron chi connectivity index (χ1n) is 5.82. The average Bonchev–Trinajstić information content (AvgIpc) is 2.44. The van der Waals surface area contributed by atoms with Gasteiger partial charge in [-0.05, 0) is 18.2 Å². The number of hydrogen-bond donors (Lipinski definition) is 0.